The lowest BCUT2D eigenvalue weighted by Gasteiger charge is -2.36. The number of hydrogen-bond donors (Lipinski definition) is 1. The van der Waals surface area contributed by atoms with Crippen LogP contribution in [0, 0.1) is 16.0 Å². The summed E-state index contributed by atoms with van der Waals surface area (Å²) < 4.78 is 0. The predicted octanol–water partition coefficient (Wildman–Crippen LogP) is 3.82. The van der Waals surface area contributed by atoms with Crippen LogP contribution in [0.4, 0.5) is 11.4 Å². The zero-order valence-corrected chi connectivity index (χ0v) is 11.8. The molecule has 3 unspecified atom stereocenters. The quantitative estimate of drug-likeness (QED) is 0.519. The van der Waals surface area contributed by atoms with Crippen LogP contribution < -0.4 is 5.32 Å². The summed E-state index contributed by atoms with van der Waals surface area (Å²) in [5.74, 6) is 0.563. The van der Waals surface area contributed by atoms with Crippen molar-refractivity contribution in [2.45, 2.75) is 18.4 Å². The average molecular weight is 293 g/mol. The van der Waals surface area contributed by atoms with Gasteiger partial charge in [-0.15, -0.1) is 0 Å². The molecule has 1 N–H and O–H groups in total. The zero-order valence-electron chi connectivity index (χ0n) is 11.8. The van der Waals surface area contributed by atoms with Crippen LogP contribution in [0.3, 0.4) is 0 Å². The van der Waals surface area contributed by atoms with Crippen LogP contribution in [0.25, 0.3) is 0 Å². The van der Waals surface area contributed by atoms with E-state index in [9.17, 15) is 10.1 Å². The molecule has 3 atom stereocenters. The van der Waals surface area contributed by atoms with Gasteiger partial charge in [0.25, 0.3) is 5.69 Å². The van der Waals surface area contributed by atoms with Crippen LogP contribution in [0.1, 0.15) is 29.6 Å². The smallest absolute Gasteiger partial charge is 0.269 e. The highest BCUT2D eigenvalue weighted by Gasteiger charge is 2.39. The van der Waals surface area contributed by atoms with Crippen LogP contribution in [0.5, 0.6) is 0 Å². The van der Waals surface area contributed by atoms with Gasteiger partial charge in [-0.1, -0.05) is 18.2 Å². The van der Waals surface area contributed by atoms with Gasteiger partial charge in [0.05, 0.1) is 16.7 Å². The minimum atomic E-state index is -0.335. The fraction of sp³-hybridized carbons (Fsp3) is 0.235. The number of rotatable bonds is 2. The Morgan fingerprint density at radius 1 is 1.27 bits per heavy atom. The van der Waals surface area contributed by atoms with Crippen LogP contribution in [-0.4, -0.2) is 9.91 Å². The number of nitrogens with one attached hydrogen (secondary N) is 1. The molecule has 1 aromatic carbocycles. The van der Waals surface area contributed by atoms with E-state index in [1.54, 1.807) is 18.3 Å². The predicted molar refractivity (Wildman–Crippen MR) is 83.7 cm³/mol. The molecular formula is C17H15N3O2. The molecule has 110 valence electrons. The Balaban J connectivity index is 1.79. The molecule has 2 aliphatic rings. The fourth-order valence-electron chi connectivity index (χ4n) is 3.55. The fourth-order valence-corrected chi connectivity index (χ4v) is 3.55. The first-order chi connectivity index (χ1) is 10.7. The number of nitro benzene ring substituents is 1. The molecule has 2 aromatic rings. The van der Waals surface area contributed by atoms with E-state index in [1.807, 2.05) is 24.3 Å². The molecule has 1 aliphatic carbocycles. The van der Waals surface area contributed by atoms with E-state index in [4.69, 9.17) is 0 Å². The van der Waals surface area contributed by atoms with Gasteiger partial charge in [-0.2, -0.15) is 0 Å². The second kappa shape index (κ2) is 4.94. The van der Waals surface area contributed by atoms with Gasteiger partial charge in [-0.05, 0) is 36.1 Å². The number of non-ortho nitro benzene ring substituents is 1. The SMILES string of the molecule is O=[N+]([O-])c1ccc2c(c1)C1C=CCC1C(c1ccccn1)N2. The normalized spacial score (nSPS) is 25.2. The molecule has 2 heterocycles. The molecule has 4 rings (SSSR count). The Morgan fingerprint density at radius 3 is 2.95 bits per heavy atom. The van der Waals surface area contributed by atoms with Gasteiger partial charge in [0.1, 0.15) is 0 Å². The van der Waals surface area contributed by atoms with Gasteiger partial charge >= 0.3 is 0 Å². The van der Waals surface area contributed by atoms with E-state index in [-0.39, 0.29) is 22.6 Å². The van der Waals surface area contributed by atoms with Crippen molar-refractivity contribution in [3.05, 3.63) is 76.1 Å². The number of aromatic nitrogens is 1. The topological polar surface area (TPSA) is 68.1 Å². The van der Waals surface area contributed by atoms with Gasteiger partial charge in [0.15, 0.2) is 0 Å². The van der Waals surface area contributed by atoms with Crippen molar-refractivity contribution in [2.75, 3.05) is 5.32 Å². The molecule has 0 bridgehead atoms. The Bertz CT molecular complexity index is 758. The van der Waals surface area contributed by atoms with E-state index in [0.717, 1.165) is 23.4 Å². The Morgan fingerprint density at radius 2 is 2.18 bits per heavy atom. The summed E-state index contributed by atoms with van der Waals surface area (Å²) in [6, 6.07) is 11.1. The summed E-state index contributed by atoms with van der Waals surface area (Å²) in [5, 5.41) is 14.5. The molecule has 0 radical (unpaired) electrons. The monoisotopic (exact) mass is 293 g/mol. The van der Waals surface area contributed by atoms with Crippen molar-refractivity contribution in [3.8, 4) is 0 Å². The summed E-state index contributed by atoms with van der Waals surface area (Å²) in [5.41, 5.74) is 3.15. The Kier molecular flexibility index (Phi) is 2.92. The van der Waals surface area contributed by atoms with Crippen molar-refractivity contribution >= 4 is 11.4 Å². The van der Waals surface area contributed by atoms with Gasteiger partial charge in [-0.25, -0.2) is 0 Å². The highest BCUT2D eigenvalue weighted by atomic mass is 16.6. The molecule has 0 saturated heterocycles. The third-order valence-electron chi connectivity index (χ3n) is 4.56. The summed E-state index contributed by atoms with van der Waals surface area (Å²) in [4.78, 5) is 15.2. The number of allylic oxidation sites excluding steroid dienone is 2. The maximum absolute atomic E-state index is 11.0. The second-order valence-electron chi connectivity index (χ2n) is 5.76. The lowest BCUT2D eigenvalue weighted by Crippen LogP contribution is -2.29. The lowest BCUT2D eigenvalue weighted by molar-refractivity contribution is -0.384. The Hall–Kier alpha value is -2.69. The summed E-state index contributed by atoms with van der Waals surface area (Å²) in [7, 11) is 0. The van der Waals surface area contributed by atoms with Gasteiger partial charge in [0, 0.05) is 29.9 Å². The van der Waals surface area contributed by atoms with Crippen molar-refractivity contribution in [1.29, 1.82) is 0 Å². The summed E-state index contributed by atoms with van der Waals surface area (Å²) in [6.45, 7) is 0. The molecule has 5 nitrogen and oxygen atoms in total. The van der Waals surface area contributed by atoms with Crippen LogP contribution in [0.2, 0.25) is 0 Å². The van der Waals surface area contributed by atoms with Gasteiger partial charge < -0.3 is 5.32 Å². The first-order valence-corrected chi connectivity index (χ1v) is 7.36. The summed E-state index contributed by atoms with van der Waals surface area (Å²) in [6.07, 6.45) is 7.10. The molecule has 1 aromatic heterocycles. The van der Waals surface area contributed by atoms with E-state index in [2.05, 4.69) is 22.5 Å². The van der Waals surface area contributed by atoms with Crippen molar-refractivity contribution in [3.63, 3.8) is 0 Å². The van der Waals surface area contributed by atoms with Gasteiger partial charge in [-0.3, -0.25) is 15.1 Å². The van der Waals surface area contributed by atoms with Crippen molar-refractivity contribution in [1.82, 2.24) is 4.98 Å². The number of benzene rings is 1. The largest absolute Gasteiger partial charge is 0.376 e. The van der Waals surface area contributed by atoms with Crippen molar-refractivity contribution < 1.29 is 4.92 Å². The van der Waals surface area contributed by atoms with E-state index >= 15 is 0 Å². The minimum absolute atomic E-state index is 0.134. The number of pyridine rings is 1. The number of hydrogen-bond acceptors (Lipinski definition) is 4. The molecule has 0 saturated carbocycles. The first kappa shape index (κ1) is 13.0. The standard InChI is InChI=1S/C17H15N3O2/c21-20(22)11-7-8-15-14(10-11)12-4-3-5-13(12)17(19-15)16-6-1-2-9-18-16/h1-4,6-10,12-13,17,19H,5H2. The molecule has 22 heavy (non-hydrogen) atoms. The molecule has 5 heteroatoms. The van der Waals surface area contributed by atoms with E-state index in [1.165, 1.54) is 0 Å². The third-order valence-corrected chi connectivity index (χ3v) is 4.56. The number of nitrogens with zero attached hydrogens (tertiary/aromatic N) is 2. The molecule has 0 spiro atoms. The van der Waals surface area contributed by atoms with E-state index in [0.29, 0.717) is 5.92 Å². The maximum Gasteiger partial charge on any atom is 0.269 e. The third kappa shape index (κ3) is 1.97. The first-order valence-electron chi connectivity index (χ1n) is 7.36. The number of nitro groups is 1. The van der Waals surface area contributed by atoms with E-state index < -0.39 is 0 Å². The highest BCUT2D eigenvalue weighted by Crippen LogP contribution is 2.49. The number of fused-ring (bicyclic) bond motifs is 3. The highest BCUT2D eigenvalue weighted by molar-refractivity contribution is 5.62. The lowest BCUT2D eigenvalue weighted by atomic mass is 9.78. The second-order valence-corrected chi connectivity index (χ2v) is 5.76. The maximum atomic E-state index is 11.0. The van der Waals surface area contributed by atoms with Crippen molar-refractivity contribution in [2.24, 2.45) is 5.92 Å². The minimum Gasteiger partial charge on any atom is -0.376 e. The summed E-state index contributed by atoms with van der Waals surface area (Å²) >= 11 is 0. The zero-order chi connectivity index (χ0) is 15.1. The van der Waals surface area contributed by atoms with Crippen LogP contribution >= 0.6 is 0 Å². The molecule has 0 amide bonds. The van der Waals surface area contributed by atoms with Crippen LogP contribution in [0.15, 0.2) is 54.7 Å². The van der Waals surface area contributed by atoms with Crippen LogP contribution in [-0.2, 0) is 0 Å². The molecule has 0 fully saturated rings. The molecule has 1 aliphatic heterocycles. The number of anilines is 1. The Labute approximate surface area is 127 Å². The average Bonchev–Trinajstić information content (AvgIpc) is 3.04. The molecular weight excluding hydrogens is 278 g/mol. The van der Waals surface area contributed by atoms with Gasteiger partial charge in [0.2, 0.25) is 0 Å².